The Hall–Kier alpha value is 1.36. The Balaban J connectivity index is -0.000000578. The van der Waals surface area contributed by atoms with E-state index in [1.807, 2.05) is 0 Å². The molecule has 0 atom stereocenters. The molecule has 0 bridgehead atoms. The van der Waals surface area contributed by atoms with E-state index in [4.69, 9.17) is 47.4 Å². The molecular weight excluding hydrogens is 727 g/mol. The van der Waals surface area contributed by atoms with Crippen molar-refractivity contribution in [1.82, 2.24) is 0 Å². The van der Waals surface area contributed by atoms with E-state index in [0.717, 1.165) is 0 Å². The number of hydrogen-bond acceptors (Lipinski definition) is 10. The van der Waals surface area contributed by atoms with Gasteiger partial charge in [0.05, 0.1) is 132 Å². The summed E-state index contributed by atoms with van der Waals surface area (Å²) in [6.07, 6.45) is 0. The molecule has 2 fully saturated rings. The molecule has 0 N–H and O–H groups in total. The van der Waals surface area contributed by atoms with Crippen molar-refractivity contribution in [3.63, 3.8) is 0 Å². The maximum absolute atomic E-state index is 5.41. The van der Waals surface area contributed by atoms with Crippen LogP contribution in [0.5, 0.6) is 0 Å². The van der Waals surface area contributed by atoms with Crippen LogP contribution in [0.1, 0.15) is 0 Å². The fourth-order valence-electron chi connectivity index (χ4n) is 2.65. The summed E-state index contributed by atoms with van der Waals surface area (Å²) in [6, 6.07) is 0. The van der Waals surface area contributed by atoms with Gasteiger partial charge in [-0.1, -0.05) is 0 Å². The molecule has 37 heavy (non-hydrogen) atoms. The Morgan fingerprint density at radius 3 is 0.595 bits per heavy atom. The van der Waals surface area contributed by atoms with Crippen LogP contribution in [0.4, 0.5) is 0 Å². The van der Waals surface area contributed by atoms with Crippen LogP contribution >= 0.6 is 0 Å². The largest absolute Gasteiger partial charge is 2.00 e. The number of ether oxygens (including phenoxy) is 10. The molecule has 0 amide bonds. The Kier molecular flexibility index (Phi) is 41.0. The molecular formula is C24H46Br2O10Sn. The average molecular weight is 773 g/mol. The predicted octanol–water partition coefficient (Wildman–Crippen LogP) is -5.31. The fourth-order valence-corrected chi connectivity index (χ4v) is 2.65. The second-order valence-corrected chi connectivity index (χ2v) is 7.71. The van der Waals surface area contributed by atoms with Gasteiger partial charge in [0.2, 0.25) is 0 Å². The summed E-state index contributed by atoms with van der Waals surface area (Å²) in [5.41, 5.74) is 0. The molecule has 2 rings (SSSR count). The number of rotatable bonds is 0. The van der Waals surface area contributed by atoms with Crippen molar-refractivity contribution in [2.75, 3.05) is 132 Å². The van der Waals surface area contributed by atoms with E-state index in [9.17, 15) is 0 Å². The molecule has 4 radical (unpaired) electrons. The van der Waals surface area contributed by atoms with Crippen molar-refractivity contribution in [2.45, 2.75) is 0 Å². The Bertz CT molecular complexity index is 352. The zero-order valence-corrected chi connectivity index (χ0v) is 28.1. The van der Waals surface area contributed by atoms with Crippen LogP contribution in [0, 0.1) is 25.7 Å². The van der Waals surface area contributed by atoms with Gasteiger partial charge in [0.15, 0.2) is 0 Å². The summed E-state index contributed by atoms with van der Waals surface area (Å²) in [7, 11) is 0. The molecule has 2 heterocycles. The zero-order valence-electron chi connectivity index (χ0n) is 22.0. The van der Waals surface area contributed by atoms with Crippen LogP contribution in [0.3, 0.4) is 0 Å². The van der Waals surface area contributed by atoms with Gasteiger partial charge in [-0.25, -0.2) is 0 Å². The molecule has 0 spiro atoms. The topological polar surface area (TPSA) is 92.3 Å². The van der Waals surface area contributed by atoms with Crippen molar-refractivity contribution in [2.24, 2.45) is 11.8 Å². The first-order valence-corrected chi connectivity index (χ1v) is 12.2. The summed E-state index contributed by atoms with van der Waals surface area (Å²) in [5, 5.41) is 0. The van der Waals surface area contributed by atoms with Gasteiger partial charge in [-0.3, -0.25) is 0 Å². The molecule has 2 saturated heterocycles. The van der Waals surface area contributed by atoms with Crippen LogP contribution in [-0.2, 0) is 47.4 Å². The van der Waals surface area contributed by atoms with Gasteiger partial charge in [-0.2, -0.15) is 0 Å². The third-order valence-electron chi connectivity index (χ3n) is 4.39. The van der Waals surface area contributed by atoms with Gasteiger partial charge >= 0.3 is 23.9 Å². The maximum atomic E-state index is 5.41. The van der Waals surface area contributed by atoms with E-state index in [1.54, 1.807) is 0 Å². The van der Waals surface area contributed by atoms with E-state index >= 15 is 0 Å². The van der Waals surface area contributed by atoms with Gasteiger partial charge in [0, 0.05) is 11.8 Å². The Morgan fingerprint density at radius 2 is 0.432 bits per heavy atom. The van der Waals surface area contributed by atoms with E-state index < -0.39 is 0 Å². The van der Waals surface area contributed by atoms with Crippen LogP contribution in [-0.4, -0.2) is 156 Å². The van der Waals surface area contributed by atoms with E-state index in [0.29, 0.717) is 132 Å². The summed E-state index contributed by atoms with van der Waals surface area (Å²) in [6.45, 7) is 19.8. The summed E-state index contributed by atoms with van der Waals surface area (Å²) < 4.78 is 53.6. The van der Waals surface area contributed by atoms with Crippen LogP contribution < -0.4 is 34.0 Å². The summed E-state index contributed by atoms with van der Waals surface area (Å²) in [4.78, 5) is 0. The minimum atomic E-state index is 0. The minimum Gasteiger partial charge on any atom is -1.00 e. The fraction of sp³-hybridized carbons (Fsp3) is 0.917. The third kappa shape index (κ3) is 33.5. The number of hydrogen-bond donors (Lipinski definition) is 0. The number of halogens is 2. The Morgan fingerprint density at radius 1 is 0.297 bits per heavy atom. The van der Waals surface area contributed by atoms with Gasteiger partial charge in [0.1, 0.15) is 0 Å². The van der Waals surface area contributed by atoms with E-state index in [2.05, 4.69) is 13.8 Å². The molecule has 0 saturated carbocycles. The monoisotopic (exact) mass is 772 g/mol. The Labute approximate surface area is 261 Å². The minimum absolute atomic E-state index is 0. The van der Waals surface area contributed by atoms with Gasteiger partial charge in [-0.15, -0.1) is 0 Å². The molecule has 2 aliphatic heterocycles. The first-order chi connectivity index (χ1) is 16.8. The second kappa shape index (κ2) is 35.4. The molecule has 10 nitrogen and oxygen atoms in total. The van der Waals surface area contributed by atoms with Crippen LogP contribution in [0.25, 0.3) is 0 Å². The molecule has 0 aliphatic carbocycles. The van der Waals surface area contributed by atoms with Crippen molar-refractivity contribution >= 4 is 23.9 Å². The first-order valence-electron chi connectivity index (χ1n) is 12.2. The van der Waals surface area contributed by atoms with Gasteiger partial charge < -0.3 is 81.3 Å². The van der Waals surface area contributed by atoms with E-state index in [1.165, 1.54) is 0 Å². The molecule has 0 aromatic carbocycles. The van der Waals surface area contributed by atoms with Gasteiger partial charge in [-0.05, 0) is 13.8 Å². The quantitative estimate of drug-likeness (QED) is 0.223. The molecule has 0 aromatic heterocycles. The van der Waals surface area contributed by atoms with Crippen LogP contribution in [0.2, 0.25) is 0 Å². The smallest absolute Gasteiger partial charge is 1.00 e. The SMILES string of the molecule is [Br-].[Br-].[CH2]C1COCCOCCOCCOCCOC1.[CH2]C1COCCOCCOCCOCCOC1.[Sn+2]. The average Bonchev–Trinajstić information content (AvgIpc) is 2.83. The molecule has 2 aliphatic rings. The third-order valence-corrected chi connectivity index (χ3v) is 4.39. The van der Waals surface area contributed by atoms with Gasteiger partial charge in [0.25, 0.3) is 0 Å². The zero-order chi connectivity index (χ0) is 24.4. The summed E-state index contributed by atoms with van der Waals surface area (Å²) >= 11 is 0. The maximum Gasteiger partial charge on any atom is 2.00 e. The molecule has 13 heteroatoms. The molecule has 0 unspecified atom stereocenters. The standard InChI is InChI=1S/2C12H23O5.2BrH.Sn/c2*1-12-10-16-8-6-14-4-2-13-3-5-15-7-9-17-11-12;;;/h2*12H,1-11H2;2*1H;/q;;;;+2/p-2. The van der Waals surface area contributed by atoms with Crippen molar-refractivity contribution in [1.29, 1.82) is 0 Å². The molecule has 0 aromatic rings. The predicted molar refractivity (Wildman–Crippen MR) is 132 cm³/mol. The van der Waals surface area contributed by atoms with E-state index in [-0.39, 0.29) is 69.7 Å². The molecule has 220 valence electrons. The normalized spacial score (nSPS) is 22.5. The summed E-state index contributed by atoms with van der Waals surface area (Å²) in [5.74, 6) is 0.317. The van der Waals surface area contributed by atoms with Crippen LogP contribution in [0.15, 0.2) is 0 Å². The van der Waals surface area contributed by atoms with Crippen molar-refractivity contribution < 1.29 is 81.3 Å². The van der Waals surface area contributed by atoms with Crippen molar-refractivity contribution in [3.8, 4) is 0 Å². The first kappa shape index (κ1) is 42.8. The van der Waals surface area contributed by atoms with Crippen molar-refractivity contribution in [3.05, 3.63) is 13.8 Å². The second-order valence-electron chi connectivity index (χ2n) is 7.71.